The lowest BCUT2D eigenvalue weighted by Crippen LogP contribution is -2.39. The van der Waals surface area contributed by atoms with E-state index in [9.17, 15) is 4.79 Å². The van der Waals surface area contributed by atoms with Crippen LogP contribution in [0.3, 0.4) is 0 Å². The minimum Gasteiger partial charge on any atom is -0.337 e. The van der Waals surface area contributed by atoms with Gasteiger partial charge in [-0.2, -0.15) is 0 Å². The Kier molecular flexibility index (Phi) is 6.44. The lowest BCUT2D eigenvalue weighted by Gasteiger charge is -2.28. The Balaban J connectivity index is 0.00000162. The van der Waals surface area contributed by atoms with Gasteiger partial charge in [-0.1, -0.05) is 0 Å². The average molecular weight is 275 g/mol. The number of hydrogen-bond acceptors (Lipinski definition) is 2. The van der Waals surface area contributed by atoms with Gasteiger partial charge in [-0.05, 0) is 65.0 Å². The number of hydrogen-bond donors (Lipinski definition) is 1. The zero-order valence-corrected chi connectivity index (χ0v) is 12.5. The molecule has 18 heavy (non-hydrogen) atoms. The van der Waals surface area contributed by atoms with Gasteiger partial charge in [-0.15, -0.1) is 12.4 Å². The fourth-order valence-corrected chi connectivity index (χ4v) is 2.89. The van der Waals surface area contributed by atoms with Crippen LogP contribution in [-0.2, 0) is 4.79 Å². The van der Waals surface area contributed by atoms with Crippen molar-refractivity contribution in [2.24, 2.45) is 5.92 Å². The Bertz CT molecular complexity index is 259. The Morgan fingerprint density at radius 3 is 2.33 bits per heavy atom. The van der Waals surface area contributed by atoms with Crippen LogP contribution in [0.4, 0.5) is 0 Å². The fourth-order valence-electron chi connectivity index (χ4n) is 2.89. The van der Waals surface area contributed by atoms with Crippen LogP contribution in [0.1, 0.15) is 52.4 Å². The summed E-state index contributed by atoms with van der Waals surface area (Å²) in [4.78, 5) is 14.3. The first-order valence-corrected chi connectivity index (χ1v) is 7.20. The van der Waals surface area contributed by atoms with E-state index in [4.69, 9.17) is 0 Å². The second-order valence-electron chi connectivity index (χ2n) is 5.86. The number of carbonyl (C=O) groups excluding carboxylic acids is 1. The highest BCUT2D eigenvalue weighted by Crippen LogP contribution is 2.30. The molecule has 0 unspecified atom stereocenters. The highest BCUT2D eigenvalue weighted by atomic mass is 35.5. The summed E-state index contributed by atoms with van der Waals surface area (Å²) in [5, 5.41) is 3.38. The number of rotatable bonds is 5. The molecule has 106 valence electrons. The molecule has 2 fully saturated rings. The zero-order valence-electron chi connectivity index (χ0n) is 11.7. The topological polar surface area (TPSA) is 32.3 Å². The zero-order chi connectivity index (χ0) is 12.3. The highest BCUT2D eigenvalue weighted by Gasteiger charge is 2.34. The van der Waals surface area contributed by atoms with E-state index in [0.29, 0.717) is 18.0 Å². The SMILES string of the molecule is CC(C)N(C(=O)CCC1CCNCC1)C1CC1.Cl. The molecule has 0 atom stereocenters. The smallest absolute Gasteiger partial charge is 0.223 e. The van der Waals surface area contributed by atoms with Crippen LogP contribution in [0, 0.1) is 5.92 Å². The molecule has 4 heteroatoms. The number of nitrogens with zero attached hydrogens (tertiary/aromatic N) is 1. The van der Waals surface area contributed by atoms with Gasteiger partial charge in [0.05, 0.1) is 0 Å². The van der Waals surface area contributed by atoms with Gasteiger partial charge in [0.25, 0.3) is 0 Å². The summed E-state index contributed by atoms with van der Waals surface area (Å²) >= 11 is 0. The van der Waals surface area contributed by atoms with E-state index in [1.165, 1.54) is 25.7 Å². The van der Waals surface area contributed by atoms with Gasteiger partial charge in [-0.3, -0.25) is 4.79 Å². The van der Waals surface area contributed by atoms with Gasteiger partial charge in [0.2, 0.25) is 5.91 Å². The summed E-state index contributed by atoms with van der Waals surface area (Å²) in [7, 11) is 0. The third-order valence-electron chi connectivity index (χ3n) is 4.01. The Morgan fingerprint density at radius 1 is 1.22 bits per heavy atom. The van der Waals surface area contributed by atoms with Gasteiger partial charge < -0.3 is 10.2 Å². The monoisotopic (exact) mass is 274 g/mol. The van der Waals surface area contributed by atoms with E-state index in [2.05, 4.69) is 24.1 Å². The van der Waals surface area contributed by atoms with Crippen LogP contribution >= 0.6 is 12.4 Å². The fraction of sp³-hybridized carbons (Fsp3) is 0.929. The molecular weight excluding hydrogens is 248 g/mol. The number of carbonyl (C=O) groups is 1. The maximum absolute atomic E-state index is 12.2. The number of nitrogens with one attached hydrogen (secondary N) is 1. The second-order valence-corrected chi connectivity index (χ2v) is 5.86. The van der Waals surface area contributed by atoms with Gasteiger partial charge in [0, 0.05) is 18.5 Å². The van der Waals surface area contributed by atoms with Crippen LogP contribution in [0.5, 0.6) is 0 Å². The normalized spacial score (nSPS) is 20.6. The molecule has 1 saturated heterocycles. The van der Waals surface area contributed by atoms with E-state index in [1.807, 2.05) is 0 Å². The highest BCUT2D eigenvalue weighted by molar-refractivity contribution is 5.85. The Morgan fingerprint density at radius 2 is 1.83 bits per heavy atom. The molecule has 0 aromatic heterocycles. The van der Waals surface area contributed by atoms with Crippen LogP contribution in [0.15, 0.2) is 0 Å². The van der Waals surface area contributed by atoms with Crippen LogP contribution in [0.2, 0.25) is 0 Å². The summed E-state index contributed by atoms with van der Waals surface area (Å²) in [6.07, 6.45) is 6.79. The van der Waals surface area contributed by atoms with Crippen molar-refractivity contribution >= 4 is 18.3 Å². The third-order valence-corrected chi connectivity index (χ3v) is 4.01. The standard InChI is InChI=1S/C14H26N2O.ClH/c1-11(2)16(13-4-5-13)14(17)6-3-12-7-9-15-10-8-12;/h11-13,15H,3-10H2,1-2H3;1H. The van der Waals surface area contributed by atoms with Crippen molar-refractivity contribution in [3.63, 3.8) is 0 Å². The number of halogens is 1. The maximum Gasteiger partial charge on any atom is 0.223 e. The van der Waals surface area contributed by atoms with E-state index < -0.39 is 0 Å². The first-order chi connectivity index (χ1) is 8.18. The second kappa shape index (κ2) is 7.34. The van der Waals surface area contributed by atoms with E-state index in [-0.39, 0.29) is 12.4 Å². The summed E-state index contributed by atoms with van der Waals surface area (Å²) < 4.78 is 0. The number of amides is 1. The summed E-state index contributed by atoms with van der Waals surface area (Å²) in [6.45, 7) is 6.55. The maximum atomic E-state index is 12.2. The van der Waals surface area contributed by atoms with Gasteiger partial charge in [-0.25, -0.2) is 0 Å². The van der Waals surface area contributed by atoms with Crippen molar-refractivity contribution in [2.45, 2.75) is 64.5 Å². The third kappa shape index (κ3) is 4.43. The van der Waals surface area contributed by atoms with Crippen molar-refractivity contribution in [1.82, 2.24) is 10.2 Å². The molecule has 0 aromatic rings. The Labute approximate surface area is 117 Å². The molecule has 3 nitrogen and oxygen atoms in total. The predicted octanol–water partition coefficient (Wildman–Crippen LogP) is 2.59. The molecule has 1 saturated carbocycles. The lowest BCUT2D eigenvalue weighted by molar-refractivity contribution is -0.133. The van der Waals surface area contributed by atoms with Gasteiger partial charge in [0.15, 0.2) is 0 Å². The van der Waals surface area contributed by atoms with Crippen molar-refractivity contribution < 1.29 is 4.79 Å². The van der Waals surface area contributed by atoms with Crippen molar-refractivity contribution in [3.05, 3.63) is 0 Å². The molecule has 2 aliphatic rings. The molecule has 1 N–H and O–H groups in total. The molecule has 0 bridgehead atoms. The van der Waals surface area contributed by atoms with Crippen molar-refractivity contribution in [2.75, 3.05) is 13.1 Å². The molecule has 0 radical (unpaired) electrons. The van der Waals surface area contributed by atoms with E-state index >= 15 is 0 Å². The van der Waals surface area contributed by atoms with Crippen molar-refractivity contribution in [3.8, 4) is 0 Å². The minimum absolute atomic E-state index is 0. The molecule has 0 spiro atoms. The van der Waals surface area contributed by atoms with Crippen molar-refractivity contribution in [1.29, 1.82) is 0 Å². The predicted molar refractivity (Wildman–Crippen MR) is 77.1 cm³/mol. The van der Waals surface area contributed by atoms with Gasteiger partial charge in [0.1, 0.15) is 0 Å². The summed E-state index contributed by atoms with van der Waals surface area (Å²) in [5.41, 5.74) is 0. The number of piperidine rings is 1. The molecular formula is C14H27ClN2O. The lowest BCUT2D eigenvalue weighted by atomic mass is 9.93. The molecule has 1 aliphatic carbocycles. The Hall–Kier alpha value is -0.280. The largest absolute Gasteiger partial charge is 0.337 e. The molecule has 2 rings (SSSR count). The van der Waals surface area contributed by atoms with E-state index in [0.717, 1.165) is 31.8 Å². The van der Waals surface area contributed by atoms with Crippen LogP contribution in [-0.4, -0.2) is 36.0 Å². The van der Waals surface area contributed by atoms with E-state index in [1.54, 1.807) is 0 Å². The van der Waals surface area contributed by atoms with Crippen LogP contribution in [0.25, 0.3) is 0 Å². The van der Waals surface area contributed by atoms with Gasteiger partial charge >= 0.3 is 0 Å². The van der Waals surface area contributed by atoms with Crippen LogP contribution < -0.4 is 5.32 Å². The summed E-state index contributed by atoms with van der Waals surface area (Å²) in [5.74, 6) is 1.16. The molecule has 0 aromatic carbocycles. The quantitative estimate of drug-likeness (QED) is 0.836. The molecule has 1 aliphatic heterocycles. The average Bonchev–Trinajstić information content (AvgIpc) is 3.12. The minimum atomic E-state index is 0. The molecule has 1 amide bonds. The summed E-state index contributed by atoms with van der Waals surface area (Å²) in [6, 6.07) is 0.943. The first-order valence-electron chi connectivity index (χ1n) is 7.20. The molecule has 1 heterocycles. The first kappa shape index (κ1) is 15.8.